The van der Waals surface area contributed by atoms with Crippen LogP contribution >= 0.6 is 0 Å². The molecule has 1 heterocycles. The molecule has 3 aromatic rings. The van der Waals surface area contributed by atoms with Crippen molar-refractivity contribution in [3.8, 4) is 0 Å². The second-order valence-electron chi connectivity index (χ2n) is 5.15. The van der Waals surface area contributed by atoms with Gasteiger partial charge in [0.1, 0.15) is 0 Å². The summed E-state index contributed by atoms with van der Waals surface area (Å²) in [6, 6.07) is 23.4. The zero-order valence-corrected chi connectivity index (χ0v) is 12.0. The maximum atomic E-state index is 4.03. The van der Waals surface area contributed by atoms with Crippen molar-refractivity contribution in [3.63, 3.8) is 0 Å². The van der Waals surface area contributed by atoms with Gasteiger partial charge in [0.2, 0.25) is 0 Å². The van der Waals surface area contributed by atoms with Crippen LogP contribution in [0.1, 0.15) is 35.8 Å². The topological polar surface area (TPSA) is 40.7 Å². The Morgan fingerprint density at radius 3 is 1.90 bits per heavy atom. The minimum absolute atomic E-state index is 0.158. The van der Waals surface area contributed by atoms with Crippen LogP contribution in [0.5, 0.6) is 0 Å². The predicted molar refractivity (Wildman–Crippen MR) is 84.9 cm³/mol. The fourth-order valence-electron chi connectivity index (χ4n) is 2.52. The van der Waals surface area contributed by atoms with Gasteiger partial charge in [0.25, 0.3) is 0 Å². The zero-order valence-electron chi connectivity index (χ0n) is 12.0. The first-order chi connectivity index (χ1) is 10.3. The molecule has 0 amide bonds. The molecule has 3 rings (SSSR count). The highest BCUT2D eigenvalue weighted by molar-refractivity contribution is 5.32. The Morgan fingerprint density at radius 1 is 0.857 bits per heavy atom. The number of hydrogen-bond acceptors (Lipinski definition) is 2. The van der Waals surface area contributed by atoms with E-state index in [1.165, 1.54) is 11.1 Å². The summed E-state index contributed by atoms with van der Waals surface area (Å²) in [5.41, 5.74) is 3.61. The Bertz CT molecular complexity index is 608. The van der Waals surface area contributed by atoms with Gasteiger partial charge in [0.15, 0.2) is 0 Å². The molecule has 2 aromatic carbocycles. The van der Waals surface area contributed by atoms with E-state index in [-0.39, 0.29) is 12.1 Å². The lowest BCUT2D eigenvalue weighted by Crippen LogP contribution is -2.25. The lowest BCUT2D eigenvalue weighted by atomic mass is 9.97. The van der Waals surface area contributed by atoms with Gasteiger partial charge >= 0.3 is 0 Å². The van der Waals surface area contributed by atoms with E-state index in [0.717, 1.165) is 5.69 Å². The second kappa shape index (κ2) is 6.37. The highest BCUT2D eigenvalue weighted by Crippen LogP contribution is 2.25. The molecule has 106 valence electrons. The van der Waals surface area contributed by atoms with Crippen molar-refractivity contribution in [2.45, 2.75) is 19.0 Å². The average molecular weight is 277 g/mol. The van der Waals surface area contributed by atoms with E-state index in [1.807, 2.05) is 18.2 Å². The van der Waals surface area contributed by atoms with Crippen LogP contribution < -0.4 is 5.32 Å². The third-order valence-corrected chi connectivity index (χ3v) is 3.67. The highest BCUT2D eigenvalue weighted by Gasteiger charge is 2.17. The van der Waals surface area contributed by atoms with E-state index < -0.39 is 0 Å². The number of H-pyrrole nitrogens is 1. The van der Waals surface area contributed by atoms with Crippen LogP contribution in [0.2, 0.25) is 0 Å². The normalized spacial score (nSPS) is 12.5. The molecule has 2 N–H and O–H groups in total. The molecule has 0 radical (unpaired) electrons. The molecule has 0 saturated heterocycles. The summed E-state index contributed by atoms with van der Waals surface area (Å²) in [4.78, 5) is 0. The van der Waals surface area contributed by atoms with Gasteiger partial charge in [-0.1, -0.05) is 60.7 Å². The standard InChI is InChI=1S/C18H19N3/c1-14(17-12-13-19-21-17)20-18(15-8-4-2-5-9-15)16-10-6-3-7-11-16/h2-14,18,20H,1H3,(H,19,21). The number of rotatable bonds is 5. The second-order valence-corrected chi connectivity index (χ2v) is 5.15. The van der Waals surface area contributed by atoms with Gasteiger partial charge in [-0.15, -0.1) is 0 Å². The van der Waals surface area contributed by atoms with E-state index >= 15 is 0 Å². The van der Waals surface area contributed by atoms with E-state index in [2.05, 4.69) is 71.0 Å². The minimum Gasteiger partial charge on any atom is -0.298 e. The van der Waals surface area contributed by atoms with Crippen molar-refractivity contribution in [2.75, 3.05) is 0 Å². The lowest BCUT2D eigenvalue weighted by Gasteiger charge is -2.23. The molecule has 0 fully saturated rings. The molecule has 1 aromatic heterocycles. The van der Waals surface area contributed by atoms with Crippen molar-refractivity contribution in [1.29, 1.82) is 0 Å². The third-order valence-electron chi connectivity index (χ3n) is 3.67. The molecule has 1 atom stereocenters. The fourth-order valence-corrected chi connectivity index (χ4v) is 2.52. The molecule has 3 heteroatoms. The Kier molecular flexibility index (Phi) is 4.12. The van der Waals surface area contributed by atoms with E-state index in [1.54, 1.807) is 6.20 Å². The van der Waals surface area contributed by atoms with Crippen LogP contribution in [0.25, 0.3) is 0 Å². The first-order valence-corrected chi connectivity index (χ1v) is 7.20. The molecule has 0 aliphatic heterocycles. The maximum absolute atomic E-state index is 4.03. The third kappa shape index (κ3) is 3.20. The molecule has 0 saturated carbocycles. The number of nitrogens with one attached hydrogen (secondary N) is 2. The quantitative estimate of drug-likeness (QED) is 0.743. The summed E-state index contributed by atoms with van der Waals surface area (Å²) >= 11 is 0. The summed E-state index contributed by atoms with van der Waals surface area (Å²) in [6.45, 7) is 2.15. The maximum Gasteiger partial charge on any atom is 0.0581 e. The predicted octanol–water partition coefficient (Wildman–Crippen LogP) is 3.85. The largest absolute Gasteiger partial charge is 0.298 e. The van der Waals surface area contributed by atoms with Gasteiger partial charge in [-0.25, -0.2) is 0 Å². The van der Waals surface area contributed by atoms with Gasteiger partial charge in [0, 0.05) is 12.2 Å². The molecular weight excluding hydrogens is 258 g/mol. The number of aromatic nitrogens is 2. The van der Waals surface area contributed by atoms with Gasteiger partial charge in [0.05, 0.1) is 11.7 Å². The highest BCUT2D eigenvalue weighted by atomic mass is 15.1. The van der Waals surface area contributed by atoms with Crippen molar-refractivity contribution in [2.24, 2.45) is 0 Å². The van der Waals surface area contributed by atoms with Crippen molar-refractivity contribution in [1.82, 2.24) is 15.5 Å². The van der Waals surface area contributed by atoms with Crippen molar-refractivity contribution < 1.29 is 0 Å². The molecule has 21 heavy (non-hydrogen) atoms. The van der Waals surface area contributed by atoms with Gasteiger partial charge in [-0.2, -0.15) is 5.10 Å². The summed E-state index contributed by atoms with van der Waals surface area (Å²) in [7, 11) is 0. The molecule has 0 bridgehead atoms. The first kappa shape index (κ1) is 13.6. The summed E-state index contributed by atoms with van der Waals surface area (Å²) in [6.07, 6.45) is 1.79. The van der Waals surface area contributed by atoms with Gasteiger partial charge in [-0.3, -0.25) is 10.4 Å². The van der Waals surface area contributed by atoms with E-state index in [9.17, 15) is 0 Å². The van der Waals surface area contributed by atoms with E-state index in [4.69, 9.17) is 0 Å². The fraction of sp³-hybridized carbons (Fsp3) is 0.167. The van der Waals surface area contributed by atoms with Crippen LogP contribution in [0.4, 0.5) is 0 Å². The molecule has 1 unspecified atom stereocenters. The van der Waals surface area contributed by atoms with Crippen LogP contribution in [-0.4, -0.2) is 10.2 Å². The minimum atomic E-state index is 0.158. The van der Waals surface area contributed by atoms with Crippen molar-refractivity contribution in [3.05, 3.63) is 89.7 Å². The monoisotopic (exact) mass is 277 g/mol. The summed E-state index contributed by atoms with van der Waals surface area (Å²) in [5.74, 6) is 0. The van der Waals surface area contributed by atoms with Crippen molar-refractivity contribution >= 4 is 0 Å². The number of aromatic amines is 1. The summed E-state index contributed by atoms with van der Waals surface area (Å²) in [5, 5.41) is 10.7. The Morgan fingerprint density at radius 2 is 1.43 bits per heavy atom. The van der Waals surface area contributed by atoms with Crippen LogP contribution in [0.3, 0.4) is 0 Å². The lowest BCUT2D eigenvalue weighted by molar-refractivity contribution is 0.506. The van der Waals surface area contributed by atoms with Crippen LogP contribution in [0.15, 0.2) is 72.9 Å². The molecule has 0 aliphatic rings. The van der Waals surface area contributed by atoms with Crippen LogP contribution in [-0.2, 0) is 0 Å². The SMILES string of the molecule is CC(NC(c1ccccc1)c1ccccc1)c1ccn[nH]1. The number of nitrogens with zero attached hydrogens (tertiary/aromatic N) is 1. The number of hydrogen-bond donors (Lipinski definition) is 2. The molecule has 0 spiro atoms. The number of benzene rings is 2. The van der Waals surface area contributed by atoms with Gasteiger partial charge < -0.3 is 0 Å². The van der Waals surface area contributed by atoms with Crippen LogP contribution in [0, 0.1) is 0 Å². The zero-order chi connectivity index (χ0) is 14.5. The smallest absolute Gasteiger partial charge is 0.0581 e. The Labute approximate surface area is 125 Å². The average Bonchev–Trinajstić information content (AvgIpc) is 3.09. The van der Waals surface area contributed by atoms with E-state index in [0.29, 0.717) is 0 Å². The molecule has 3 nitrogen and oxygen atoms in total. The molecule has 0 aliphatic carbocycles. The first-order valence-electron chi connectivity index (χ1n) is 7.20. The van der Waals surface area contributed by atoms with Gasteiger partial charge in [-0.05, 0) is 24.1 Å². The Balaban J connectivity index is 1.90. The Hall–Kier alpha value is -2.39. The summed E-state index contributed by atoms with van der Waals surface area (Å²) < 4.78 is 0. The molecular formula is C18H19N3.